The molecule has 0 aliphatic heterocycles. The molecule has 0 bridgehead atoms. The van der Waals surface area contributed by atoms with E-state index in [1.165, 1.54) is 6.08 Å². The molecule has 1 aromatic carbocycles. The van der Waals surface area contributed by atoms with Crippen LogP contribution in [0.1, 0.15) is 0 Å². The van der Waals surface area contributed by atoms with Crippen molar-refractivity contribution in [3.63, 3.8) is 0 Å². The Kier molecular flexibility index (Phi) is 3.69. The summed E-state index contributed by atoms with van der Waals surface area (Å²) in [4.78, 5) is 11.1. The molecular formula is C10H11N2O2. The largest absolute Gasteiger partial charge is 0.370 e. The van der Waals surface area contributed by atoms with Crippen LogP contribution in [0.25, 0.3) is 0 Å². The van der Waals surface area contributed by atoms with Gasteiger partial charge in [-0.25, -0.2) is 4.79 Å². The van der Waals surface area contributed by atoms with E-state index in [1.807, 2.05) is 6.07 Å². The van der Waals surface area contributed by atoms with Crippen LogP contribution in [0, 0.1) is 0 Å². The number of urea groups is 1. The van der Waals surface area contributed by atoms with Crippen molar-refractivity contribution >= 4 is 11.7 Å². The SMILES string of the molecule is C=CC(O)NC(=O)[N]c1ccccc1. The summed E-state index contributed by atoms with van der Waals surface area (Å²) in [5.41, 5.74) is 0.543. The third kappa shape index (κ3) is 3.28. The molecule has 73 valence electrons. The summed E-state index contributed by atoms with van der Waals surface area (Å²) in [6.45, 7) is 3.31. The molecular weight excluding hydrogens is 180 g/mol. The number of hydrogen-bond donors (Lipinski definition) is 2. The average Bonchev–Trinajstić information content (AvgIpc) is 2.19. The maximum absolute atomic E-state index is 11.1. The van der Waals surface area contributed by atoms with Crippen molar-refractivity contribution in [3.8, 4) is 0 Å². The van der Waals surface area contributed by atoms with Gasteiger partial charge in [0.15, 0.2) is 0 Å². The van der Waals surface area contributed by atoms with Crippen LogP contribution < -0.4 is 10.6 Å². The first kappa shape index (κ1) is 10.3. The fraction of sp³-hybridized carbons (Fsp3) is 0.100. The molecule has 1 radical (unpaired) electrons. The smallest absolute Gasteiger partial charge is 0.343 e. The second-order valence-electron chi connectivity index (χ2n) is 2.58. The first-order valence-corrected chi connectivity index (χ1v) is 4.10. The number of nitrogens with zero attached hydrogens (tertiary/aromatic N) is 1. The van der Waals surface area contributed by atoms with Crippen LogP contribution in [0.3, 0.4) is 0 Å². The highest BCUT2D eigenvalue weighted by atomic mass is 16.3. The molecule has 2 amide bonds. The van der Waals surface area contributed by atoms with Gasteiger partial charge in [-0.1, -0.05) is 24.8 Å². The van der Waals surface area contributed by atoms with Crippen molar-refractivity contribution in [2.24, 2.45) is 0 Å². The van der Waals surface area contributed by atoms with Crippen LogP contribution in [0.4, 0.5) is 10.5 Å². The lowest BCUT2D eigenvalue weighted by molar-refractivity contribution is 0.180. The Morgan fingerprint density at radius 1 is 1.50 bits per heavy atom. The van der Waals surface area contributed by atoms with Gasteiger partial charge >= 0.3 is 6.03 Å². The highest BCUT2D eigenvalue weighted by Gasteiger charge is 2.06. The summed E-state index contributed by atoms with van der Waals surface area (Å²) in [7, 11) is 0. The first-order valence-electron chi connectivity index (χ1n) is 4.10. The lowest BCUT2D eigenvalue weighted by Gasteiger charge is -2.07. The van der Waals surface area contributed by atoms with Crippen LogP contribution in [0.15, 0.2) is 43.0 Å². The normalized spacial score (nSPS) is 11.5. The number of para-hydroxylation sites is 1. The van der Waals surface area contributed by atoms with E-state index in [0.29, 0.717) is 5.69 Å². The Balaban J connectivity index is 2.46. The Labute approximate surface area is 82.3 Å². The number of amides is 2. The molecule has 1 unspecified atom stereocenters. The summed E-state index contributed by atoms with van der Waals surface area (Å²) < 4.78 is 0. The van der Waals surface area contributed by atoms with E-state index in [1.54, 1.807) is 24.3 Å². The maximum Gasteiger partial charge on any atom is 0.343 e. The Morgan fingerprint density at radius 3 is 2.71 bits per heavy atom. The number of rotatable bonds is 3. The summed E-state index contributed by atoms with van der Waals surface area (Å²) in [5.74, 6) is 0. The number of carbonyl (C=O) groups excluding carboxylic acids is 1. The minimum Gasteiger partial charge on any atom is -0.370 e. The molecule has 4 nitrogen and oxygen atoms in total. The highest BCUT2D eigenvalue weighted by Crippen LogP contribution is 2.04. The molecule has 0 heterocycles. The predicted molar refractivity (Wildman–Crippen MR) is 53.0 cm³/mol. The van der Waals surface area contributed by atoms with E-state index in [4.69, 9.17) is 5.11 Å². The van der Waals surface area contributed by atoms with Gasteiger partial charge in [0, 0.05) is 0 Å². The van der Waals surface area contributed by atoms with Crippen LogP contribution in [-0.4, -0.2) is 17.4 Å². The molecule has 0 spiro atoms. The zero-order valence-corrected chi connectivity index (χ0v) is 7.55. The van der Waals surface area contributed by atoms with Crippen LogP contribution in [-0.2, 0) is 0 Å². The van der Waals surface area contributed by atoms with Gasteiger partial charge in [0.2, 0.25) is 0 Å². The molecule has 1 aromatic rings. The van der Waals surface area contributed by atoms with Crippen molar-refractivity contribution in [1.29, 1.82) is 0 Å². The molecule has 0 fully saturated rings. The quantitative estimate of drug-likeness (QED) is 0.555. The average molecular weight is 191 g/mol. The predicted octanol–water partition coefficient (Wildman–Crippen LogP) is 1.14. The van der Waals surface area contributed by atoms with E-state index in [9.17, 15) is 4.79 Å². The lowest BCUT2D eigenvalue weighted by atomic mass is 10.3. The fourth-order valence-electron chi connectivity index (χ4n) is 0.837. The van der Waals surface area contributed by atoms with Gasteiger partial charge in [-0.15, -0.1) is 0 Å². The Morgan fingerprint density at radius 2 is 2.14 bits per heavy atom. The van der Waals surface area contributed by atoms with Gasteiger partial charge in [-0.05, 0) is 18.2 Å². The summed E-state index contributed by atoms with van der Waals surface area (Å²) in [6.07, 6.45) is 0.147. The van der Waals surface area contributed by atoms with E-state index in [0.717, 1.165) is 0 Å². The second kappa shape index (κ2) is 5.04. The molecule has 0 saturated carbocycles. The molecule has 1 atom stereocenters. The number of carbonyl (C=O) groups is 1. The van der Waals surface area contributed by atoms with Crippen molar-refractivity contribution < 1.29 is 9.90 Å². The van der Waals surface area contributed by atoms with Gasteiger partial charge in [-0.3, -0.25) is 0 Å². The van der Waals surface area contributed by atoms with Gasteiger partial charge in [-0.2, -0.15) is 5.32 Å². The fourth-order valence-corrected chi connectivity index (χ4v) is 0.837. The monoisotopic (exact) mass is 191 g/mol. The summed E-state index contributed by atoms with van der Waals surface area (Å²) >= 11 is 0. The van der Waals surface area contributed by atoms with Crippen molar-refractivity contribution in [2.45, 2.75) is 6.23 Å². The van der Waals surface area contributed by atoms with Crippen molar-refractivity contribution in [1.82, 2.24) is 10.6 Å². The van der Waals surface area contributed by atoms with Crippen LogP contribution in [0.5, 0.6) is 0 Å². The number of hydrogen-bond acceptors (Lipinski definition) is 2. The summed E-state index contributed by atoms with van der Waals surface area (Å²) in [6, 6.07) is 8.17. The van der Waals surface area contributed by atoms with Gasteiger partial charge in [0.1, 0.15) is 6.23 Å². The van der Waals surface area contributed by atoms with E-state index in [2.05, 4.69) is 17.2 Å². The van der Waals surface area contributed by atoms with E-state index >= 15 is 0 Å². The zero-order chi connectivity index (χ0) is 10.4. The molecule has 0 saturated heterocycles. The van der Waals surface area contributed by atoms with E-state index in [-0.39, 0.29) is 0 Å². The molecule has 2 N–H and O–H groups in total. The van der Waals surface area contributed by atoms with E-state index < -0.39 is 12.3 Å². The van der Waals surface area contributed by atoms with Crippen molar-refractivity contribution in [3.05, 3.63) is 43.0 Å². The number of aliphatic hydroxyl groups is 1. The first-order chi connectivity index (χ1) is 6.72. The highest BCUT2D eigenvalue weighted by molar-refractivity contribution is 5.78. The van der Waals surface area contributed by atoms with Gasteiger partial charge in [0.05, 0.1) is 5.69 Å². The minimum atomic E-state index is -1.06. The van der Waals surface area contributed by atoms with Crippen LogP contribution >= 0.6 is 0 Å². The molecule has 0 aliphatic carbocycles. The van der Waals surface area contributed by atoms with Gasteiger partial charge < -0.3 is 10.4 Å². The Bertz CT molecular complexity index is 311. The minimum absolute atomic E-state index is 0.543. The lowest BCUT2D eigenvalue weighted by Crippen LogP contribution is -2.35. The summed E-state index contributed by atoms with van der Waals surface area (Å²) in [5, 5.41) is 14.9. The van der Waals surface area contributed by atoms with Crippen LogP contribution in [0.2, 0.25) is 0 Å². The molecule has 14 heavy (non-hydrogen) atoms. The number of aliphatic hydroxyl groups excluding tert-OH is 1. The third-order valence-corrected chi connectivity index (χ3v) is 1.48. The molecule has 0 aliphatic rings. The topological polar surface area (TPSA) is 63.4 Å². The molecule has 0 aromatic heterocycles. The molecule has 4 heteroatoms. The number of benzene rings is 1. The third-order valence-electron chi connectivity index (χ3n) is 1.48. The maximum atomic E-state index is 11.1. The number of nitrogens with one attached hydrogen (secondary N) is 1. The Hall–Kier alpha value is -1.81. The van der Waals surface area contributed by atoms with Crippen molar-refractivity contribution in [2.75, 3.05) is 0 Å². The van der Waals surface area contributed by atoms with Gasteiger partial charge in [0.25, 0.3) is 0 Å². The molecule has 1 rings (SSSR count). The second-order valence-corrected chi connectivity index (χ2v) is 2.58. The zero-order valence-electron chi connectivity index (χ0n) is 7.55. The standard InChI is InChI=1S/C10H11N2O2/c1-2-9(13)12-10(14)11-8-6-4-3-5-7-8/h2-7,9,13H,1H2,(H,12,14).